The minimum Gasteiger partial charge on any atom is -0.323 e. The molecule has 3 amide bonds. The van der Waals surface area contributed by atoms with E-state index in [9.17, 15) is 22.8 Å². The van der Waals surface area contributed by atoms with Crippen LogP contribution in [0.15, 0.2) is 24.3 Å². The number of imide groups is 1. The van der Waals surface area contributed by atoms with Gasteiger partial charge >= 0.3 is 12.2 Å². The Labute approximate surface area is 126 Å². The highest BCUT2D eigenvalue weighted by Gasteiger charge is 2.48. The molecule has 120 valence electrons. The zero-order valence-electron chi connectivity index (χ0n) is 12.3. The molecule has 1 aromatic carbocycles. The molecule has 0 saturated carbocycles. The van der Waals surface area contributed by atoms with Gasteiger partial charge in [-0.1, -0.05) is 26.0 Å². The van der Waals surface area contributed by atoms with E-state index in [2.05, 4.69) is 5.32 Å². The van der Waals surface area contributed by atoms with Crippen LogP contribution in [0.3, 0.4) is 0 Å². The molecule has 1 fully saturated rings. The minimum absolute atomic E-state index is 0.0371. The highest BCUT2D eigenvalue weighted by Crippen LogP contribution is 2.30. The maximum Gasteiger partial charge on any atom is 0.416 e. The van der Waals surface area contributed by atoms with Crippen LogP contribution in [-0.4, -0.2) is 22.4 Å². The normalized spacial score (nSPS) is 17.8. The zero-order chi connectivity index (χ0) is 16.5. The van der Waals surface area contributed by atoms with Gasteiger partial charge in [-0.25, -0.2) is 4.79 Å². The zero-order valence-corrected chi connectivity index (χ0v) is 12.3. The molecule has 4 nitrogen and oxygen atoms in total. The number of carbonyl (C=O) groups excluding carboxylic acids is 2. The van der Waals surface area contributed by atoms with Crippen molar-refractivity contribution in [3.05, 3.63) is 35.4 Å². The number of urea groups is 1. The summed E-state index contributed by atoms with van der Waals surface area (Å²) in [5, 5.41) is 2.68. The first-order valence-corrected chi connectivity index (χ1v) is 7.03. The van der Waals surface area contributed by atoms with Crippen LogP contribution in [0.5, 0.6) is 0 Å². The molecule has 0 radical (unpaired) electrons. The number of nitrogens with one attached hydrogen (secondary N) is 1. The van der Waals surface area contributed by atoms with Gasteiger partial charge in [-0.05, 0) is 30.5 Å². The number of nitrogens with zero attached hydrogens (tertiary/aromatic N) is 1. The largest absolute Gasteiger partial charge is 0.416 e. The first kappa shape index (κ1) is 16.3. The molecule has 1 N–H and O–H groups in total. The summed E-state index contributed by atoms with van der Waals surface area (Å²) in [6, 6.07) is 3.94. The van der Waals surface area contributed by atoms with Crippen LogP contribution in [0, 0.1) is 0 Å². The number of hydrogen-bond donors (Lipinski definition) is 1. The minimum atomic E-state index is -4.40. The first-order chi connectivity index (χ1) is 10.2. The van der Waals surface area contributed by atoms with Crippen molar-refractivity contribution in [3.8, 4) is 0 Å². The van der Waals surface area contributed by atoms with E-state index >= 15 is 0 Å². The van der Waals surface area contributed by atoms with Gasteiger partial charge in [-0.15, -0.1) is 0 Å². The Balaban J connectivity index is 2.17. The fourth-order valence-electron chi connectivity index (χ4n) is 2.53. The number of rotatable bonds is 4. The third-order valence-corrected chi connectivity index (χ3v) is 4.07. The lowest BCUT2D eigenvalue weighted by Crippen LogP contribution is -2.45. The van der Waals surface area contributed by atoms with Crippen molar-refractivity contribution in [2.45, 2.75) is 44.9 Å². The van der Waals surface area contributed by atoms with E-state index in [1.165, 1.54) is 12.1 Å². The second-order valence-electron chi connectivity index (χ2n) is 5.31. The quantitative estimate of drug-likeness (QED) is 0.867. The summed E-state index contributed by atoms with van der Waals surface area (Å²) < 4.78 is 37.5. The van der Waals surface area contributed by atoms with Gasteiger partial charge in [0.05, 0.1) is 12.1 Å². The van der Waals surface area contributed by atoms with Crippen molar-refractivity contribution in [1.82, 2.24) is 10.2 Å². The predicted molar refractivity (Wildman–Crippen MR) is 73.8 cm³/mol. The smallest absolute Gasteiger partial charge is 0.323 e. The Kier molecular flexibility index (Phi) is 4.17. The molecule has 1 aliphatic heterocycles. The predicted octanol–water partition coefficient (Wildman–Crippen LogP) is 3.32. The number of amides is 3. The fourth-order valence-corrected chi connectivity index (χ4v) is 2.53. The van der Waals surface area contributed by atoms with Gasteiger partial charge in [0.2, 0.25) is 0 Å². The first-order valence-electron chi connectivity index (χ1n) is 7.03. The monoisotopic (exact) mass is 314 g/mol. The molecular formula is C15H17F3N2O2. The summed E-state index contributed by atoms with van der Waals surface area (Å²) in [4.78, 5) is 25.4. The molecule has 22 heavy (non-hydrogen) atoms. The van der Waals surface area contributed by atoms with Crippen LogP contribution in [0.4, 0.5) is 18.0 Å². The number of alkyl halides is 3. The molecule has 0 aliphatic carbocycles. The molecule has 0 spiro atoms. The Morgan fingerprint density at radius 1 is 1.09 bits per heavy atom. The molecule has 0 atom stereocenters. The van der Waals surface area contributed by atoms with Crippen molar-refractivity contribution >= 4 is 11.9 Å². The lowest BCUT2D eigenvalue weighted by atomic mass is 9.93. The molecule has 1 aromatic rings. The molecular weight excluding hydrogens is 297 g/mol. The third kappa shape index (κ3) is 2.80. The van der Waals surface area contributed by atoms with E-state index in [0.717, 1.165) is 17.0 Å². The van der Waals surface area contributed by atoms with Gasteiger partial charge < -0.3 is 5.32 Å². The number of halogens is 3. The summed E-state index contributed by atoms with van der Waals surface area (Å²) in [6.45, 7) is 3.58. The Bertz CT molecular complexity index is 577. The van der Waals surface area contributed by atoms with Gasteiger partial charge in [-0.2, -0.15) is 13.2 Å². The van der Waals surface area contributed by atoms with E-state index < -0.39 is 23.3 Å². The molecule has 0 bridgehead atoms. The molecule has 1 saturated heterocycles. The van der Waals surface area contributed by atoms with Crippen molar-refractivity contribution in [2.24, 2.45) is 0 Å². The van der Waals surface area contributed by atoms with Crippen molar-refractivity contribution in [2.75, 3.05) is 0 Å². The van der Waals surface area contributed by atoms with Crippen LogP contribution in [0.25, 0.3) is 0 Å². The number of benzene rings is 1. The topological polar surface area (TPSA) is 49.4 Å². The van der Waals surface area contributed by atoms with E-state index in [-0.39, 0.29) is 12.5 Å². The van der Waals surface area contributed by atoms with E-state index in [0.29, 0.717) is 18.4 Å². The van der Waals surface area contributed by atoms with Crippen molar-refractivity contribution in [1.29, 1.82) is 0 Å². The molecule has 0 aromatic heterocycles. The van der Waals surface area contributed by atoms with E-state index in [4.69, 9.17) is 0 Å². The maximum absolute atomic E-state index is 12.5. The van der Waals surface area contributed by atoms with Crippen molar-refractivity contribution in [3.63, 3.8) is 0 Å². The van der Waals surface area contributed by atoms with Gasteiger partial charge in [0.1, 0.15) is 5.54 Å². The second-order valence-corrected chi connectivity index (χ2v) is 5.31. The van der Waals surface area contributed by atoms with Gasteiger partial charge in [0, 0.05) is 0 Å². The molecule has 1 aliphatic rings. The van der Waals surface area contributed by atoms with Crippen LogP contribution in [0.1, 0.15) is 37.8 Å². The Morgan fingerprint density at radius 3 is 2.05 bits per heavy atom. The number of carbonyl (C=O) groups is 2. The molecule has 0 unspecified atom stereocenters. The highest BCUT2D eigenvalue weighted by atomic mass is 19.4. The average molecular weight is 314 g/mol. The third-order valence-electron chi connectivity index (χ3n) is 4.07. The number of hydrogen-bond acceptors (Lipinski definition) is 2. The van der Waals surface area contributed by atoms with E-state index in [1.54, 1.807) is 0 Å². The fraction of sp³-hybridized carbons (Fsp3) is 0.467. The lowest BCUT2D eigenvalue weighted by molar-refractivity contribution is -0.137. The van der Waals surface area contributed by atoms with Gasteiger partial charge in [-0.3, -0.25) is 9.69 Å². The van der Waals surface area contributed by atoms with Crippen LogP contribution in [0.2, 0.25) is 0 Å². The second kappa shape index (κ2) is 5.62. The maximum atomic E-state index is 12.5. The van der Waals surface area contributed by atoms with Crippen molar-refractivity contribution < 1.29 is 22.8 Å². The van der Waals surface area contributed by atoms with Gasteiger partial charge in [0.25, 0.3) is 5.91 Å². The molecule has 2 rings (SSSR count). The summed E-state index contributed by atoms with van der Waals surface area (Å²) in [5.74, 6) is -0.331. The van der Waals surface area contributed by atoms with Crippen LogP contribution >= 0.6 is 0 Å². The summed E-state index contributed by atoms with van der Waals surface area (Å²) in [5.41, 5.74) is -1.19. The summed E-state index contributed by atoms with van der Waals surface area (Å²) in [6.07, 6.45) is -3.46. The Morgan fingerprint density at radius 2 is 1.64 bits per heavy atom. The van der Waals surface area contributed by atoms with E-state index in [1.807, 2.05) is 13.8 Å². The van der Waals surface area contributed by atoms with Gasteiger partial charge in [0.15, 0.2) is 0 Å². The SMILES string of the molecule is CCC1(CC)NC(=O)N(Cc2ccc(C(F)(F)F)cc2)C1=O. The summed E-state index contributed by atoms with van der Waals surface area (Å²) in [7, 11) is 0. The summed E-state index contributed by atoms with van der Waals surface area (Å²) >= 11 is 0. The lowest BCUT2D eigenvalue weighted by Gasteiger charge is -2.23. The highest BCUT2D eigenvalue weighted by molar-refractivity contribution is 6.06. The average Bonchev–Trinajstić information content (AvgIpc) is 2.71. The molecule has 1 heterocycles. The standard InChI is InChI=1S/C15H17F3N2O2/c1-3-14(4-2)12(21)20(13(22)19-14)9-10-5-7-11(8-6-10)15(16,17)18/h5-8H,3-4,9H2,1-2H3,(H,19,22). The van der Waals surface area contributed by atoms with Crippen LogP contribution < -0.4 is 5.32 Å². The van der Waals surface area contributed by atoms with Crippen LogP contribution in [-0.2, 0) is 17.5 Å². The Hall–Kier alpha value is -2.05. The molecule has 7 heteroatoms.